The lowest BCUT2D eigenvalue weighted by Crippen LogP contribution is -2.36. The van der Waals surface area contributed by atoms with Crippen LogP contribution in [-0.4, -0.2) is 21.8 Å². The molecule has 2 rings (SSSR count). The minimum absolute atomic E-state index is 0. The summed E-state index contributed by atoms with van der Waals surface area (Å²) in [7, 11) is 0. The number of rotatable bonds is 4. The fourth-order valence-electron chi connectivity index (χ4n) is 2.20. The standard InChI is InChI=1S/C17H21N3O.ClH/c1-12(2)20(11-14-5-4-8-19-10-14)17(21)16-9-15(18)7-6-13(16)3;/h4-10,12H,11,18H2,1-3H3;1H. The molecular weight excluding hydrogens is 298 g/mol. The van der Waals surface area contributed by atoms with E-state index in [0.29, 0.717) is 17.8 Å². The van der Waals surface area contributed by atoms with Crippen molar-refractivity contribution < 1.29 is 4.79 Å². The van der Waals surface area contributed by atoms with Crippen molar-refractivity contribution in [1.82, 2.24) is 9.88 Å². The van der Waals surface area contributed by atoms with Gasteiger partial charge in [0.05, 0.1) is 0 Å². The minimum Gasteiger partial charge on any atom is -0.399 e. The molecule has 0 saturated heterocycles. The van der Waals surface area contributed by atoms with Gasteiger partial charge in [-0.25, -0.2) is 0 Å². The Labute approximate surface area is 137 Å². The number of halogens is 1. The number of amides is 1. The quantitative estimate of drug-likeness (QED) is 0.878. The molecule has 118 valence electrons. The number of nitrogens with two attached hydrogens (primary N) is 1. The zero-order valence-corrected chi connectivity index (χ0v) is 13.9. The van der Waals surface area contributed by atoms with Crippen LogP contribution in [0.2, 0.25) is 0 Å². The van der Waals surface area contributed by atoms with Gasteiger partial charge in [0.2, 0.25) is 0 Å². The van der Waals surface area contributed by atoms with Gasteiger partial charge in [0.1, 0.15) is 0 Å². The SMILES string of the molecule is Cc1ccc(N)cc1C(=O)N(Cc1cccnc1)C(C)C.Cl. The molecule has 1 heterocycles. The van der Waals surface area contributed by atoms with Crippen LogP contribution in [0.5, 0.6) is 0 Å². The molecule has 0 saturated carbocycles. The van der Waals surface area contributed by atoms with Crippen molar-refractivity contribution in [3.05, 3.63) is 59.4 Å². The number of benzene rings is 1. The first kappa shape index (κ1) is 18.0. The van der Waals surface area contributed by atoms with Crippen molar-refractivity contribution in [2.45, 2.75) is 33.4 Å². The van der Waals surface area contributed by atoms with Crippen LogP contribution in [0.15, 0.2) is 42.7 Å². The molecule has 0 fully saturated rings. The monoisotopic (exact) mass is 319 g/mol. The first-order valence-electron chi connectivity index (χ1n) is 7.05. The molecule has 2 N–H and O–H groups in total. The highest BCUT2D eigenvalue weighted by atomic mass is 35.5. The number of nitrogens with zero attached hydrogens (tertiary/aromatic N) is 2. The lowest BCUT2D eigenvalue weighted by molar-refractivity contribution is 0.0689. The van der Waals surface area contributed by atoms with E-state index in [9.17, 15) is 4.79 Å². The number of anilines is 1. The summed E-state index contributed by atoms with van der Waals surface area (Å²) in [5, 5.41) is 0. The fourth-order valence-corrected chi connectivity index (χ4v) is 2.20. The van der Waals surface area contributed by atoms with Gasteiger partial charge in [0, 0.05) is 36.2 Å². The van der Waals surface area contributed by atoms with Crippen molar-refractivity contribution >= 4 is 24.0 Å². The third-order valence-corrected chi connectivity index (χ3v) is 3.45. The normalized spacial score (nSPS) is 10.2. The number of carbonyl (C=O) groups is 1. The zero-order valence-electron chi connectivity index (χ0n) is 13.1. The van der Waals surface area contributed by atoms with Crippen molar-refractivity contribution in [2.24, 2.45) is 0 Å². The van der Waals surface area contributed by atoms with Crippen molar-refractivity contribution in [3.63, 3.8) is 0 Å². The molecule has 0 aliphatic rings. The molecule has 4 nitrogen and oxygen atoms in total. The zero-order chi connectivity index (χ0) is 15.4. The van der Waals surface area contributed by atoms with Gasteiger partial charge < -0.3 is 10.6 Å². The van der Waals surface area contributed by atoms with E-state index in [1.54, 1.807) is 18.5 Å². The fraction of sp³-hybridized carbons (Fsp3) is 0.294. The van der Waals surface area contributed by atoms with Crippen LogP contribution >= 0.6 is 12.4 Å². The van der Waals surface area contributed by atoms with E-state index in [1.165, 1.54) is 0 Å². The van der Waals surface area contributed by atoms with Gasteiger partial charge >= 0.3 is 0 Å². The van der Waals surface area contributed by atoms with Gasteiger partial charge in [-0.1, -0.05) is 12.1 Å². The highest BCUT2D eigenvalue weighted by Crippen LogP contribution is 2.18. The topological polar surface area (TPSA) is 59.2 Å². The second-order valence-corrected chi connectivity index (χ2v) is 5.46. The predicted molar refractivity (Wildman–Crippen MR) is 92.1 cm³/mol. The Morgan fingerprint density at radius 3 is 2.64 bits per heavy atom. The van der Waals surface area contributed by atoms with E-state index in [1.807, 2.05) is 49.9 Å². The first-order chi connectivity index (χ1) is 9.99. The Balaban J connectivity index is 0.00000242. The Kier molecular flexibility index (Phi) is 6.38. The van der Waals surface area contributed by atoms with Crippen LogP contribution in [0.4, 0.5) is 5.69 Å². The summed E-state index contributed by atoms with van der Waals surface area (Å²) in [4.78, 5) is 18.7. The molecule has 0 atom stereocenters. The second-order valence-electron chi connectivity index (χ2n) is 5.46. The minimum atomic E-state index is -0.00125. The van der Waals surface area contributed by atoms with Crippen molar-refractivity contribution in [1.29, 1.82) is 0 Å². The number of nitrogen functional groups attached to an aromatic ring is 1. The van der Waals surface area contributed by atoms with Crippen molar-refractivity contribution in [3.8, 4) is 0 Å². The third kappa shape index (κ3) is 4.21. The molecule has 5 heteroatoms. The lowest BCUT2D eigenvalue weighted by atomic mass is 10.1. The van der Waals surface area contributed by atoms with Crippen LogP contribution in [-0.2, 0) is 6.54 Å². The number of aryl methyl sites for hydroxylation is 1. The summed E-state index contributed by atoms with van der Waals surface area (Å²) < 4.78 is 0. The number of carbonyl (C=O) groups excluding carboxylic acids is 1. The van der Waals surface area contributed by atoms with Gasteiger partial charge in [-0.15, -0.1) is 12.4 Å². The van der Waals surface area contributed by atoms with Crippen LogP contribution in [0, 0.1) is 6.92 Å². The summed E-state index contributed by atoms with van der Waals surface area (Å²) >= 11 is 0. The summed E-state index contributed by atoms with van der Waals surface area (Å²) in [6, 6.07) is 9.39. The number of aromatic nitrogens is 1. The van der Waals surface area contributed by atoms with E-state index < -0.39 is 0 Å². The van der Waals surface area contributed by atoms with Crippen LogP contribution in [0.3, 0.4) is 0 Å². The number of hydrogen-bond acceptors (Lipinski definition) is 3. The Morgan fingerprint density at radius 1 is 1.32 bits per heavy atom. The van der Waals surface area contributed by atoms with E-state index >= 15 is 0 Å². The second kappa shape index (κ2) is 7.80. The highest BCUT2D eigenvalue weighted by molar-refractivity contribution is 5.96. The maximum absolute atomic E-state index is 12.8. The maximum atomic E-state index is 12.8. The van der Waals surface area contributed by atoms with Crippen LogP contribution < -0.4 is 5.73 Å². The molecule has 0 aliphatic carbocycles. The van der Waals surface area contributed by atoms with Crippen molar-refractivity contribution in [2.75, 3.05) is 5.73 Å². The molecule has 0 unspecified atom stereocenters. The Morgan fingerprint density at radius 2 is 2.05 bits per heavy atom. The largest absolute Gasteiger partial charge is 0.399 e. The van der Waals surface area contributed by atoms with Gasteiger partial charge in [-0.05, 0) is 50.1 Å². The molecule has 0 bridgehead atoms. The van der Waals surface area contributed by atoms with Gasteiger partial charge in [0.15, 0.2) is 0 Å². The maximum Gasteiger partial charge on any atom is 0.254 e. The molecule has 0 aliphatic heterocycles. The molecule has 1 aromatic heterocycles. The Hall–Kier alpha value is -2.07. The third-order valence-electron chi connectivity index (χ3n) is 3.45. The molecule has 22 heavy (non-hydrogen) atoms. The van der Waals surface area contributed by atoms with Gasteiger partial charge in [-0.3, -0.25) is 9.78 Å². The van der Waals surface area contributed by atoms with E-state index in [0.717, 1.165) is 11.1 Å². The Bertz CT molecular complexity index is 629. The number of hydrogen-bond donors (Lipinski definition) is 1. The van der Waals surface area contributed by atoms with E-state index in [2.05, 4.69) is 4.98 Å². The number of pyridine rings is 1. The molecular formula is C17H22ClN3O. The summed E-state index contributed by atoms with van der Waals surface area (Å²) in [5.74, 6) is -0.00125. The predicted octanol–water partition coefficient (Wildman–Crippen LogP) is 3.44. The average molecular weight is 320 g/mol. The summed E-state index contributed by atoms with van der Waals surface area (Å²) in [6.07, 6.45) is 3.52. The molecule has 0 spiro atoms. The highest BCUT2D eigenvalue weighted by Gasteiger charge is 2.20. The van der Waals surface area contributed by atoms with Crippen LogP contribution in [0.25, 0.3) is 0 Å². The molecule has 1 amide bonds. The van der Waals surface area contributed by atoms with Gasteiger partial charge in [-0.2, -0.15) is 0 Å². The van der Waals surface area contributed by atoms with E-state index in [4.69, 9.17) is 5.73 Å². The first-order valence-corrected chi connectivity index (χ1v) is 7.05. The van der Waals surface area contributed by atoms with E-state index in [-0.39, 0.29) is 24.4 Å². The molecule has 0 radical (unpaired) electrons. The molecule has 2 aromatic rings. The lowest BCUT2D eigenvalue weighted by Gasteiger charge is -2.27. The average Bonchev–Trinajstić information content (AvgIpc) is 2.47. The van der Waals surface area contributed by atoms with Gasteiger partial charge in [0.25, 0.3) is 5.91 Å². The smallest absolute Gasteiger partial charge is 0.254 e. The summed E-state index contributed by atoms with van der Waals surface area (Å²) in [6.45, 7) is 6.49. The van der Waals surface area contributed by atoms with Crippen LogP contribution in [0.1, 0.15) is 35.3 Å². The summed E-state index contributed by atoms with van der Waals surface area (Å²) in [5.41, 5.74) is 9.03. The molecule has 1 aromatic carbocycles.